The molecule has 0 aliphatic carbocycles. The molecular formula is C24H40F10O8. The van der Waals surface area contributed by atoms with Gasteiger partial charge in [-0.15, -0.1) is 0 Å². The highest BCUT2D eigenvalue weighted by atomic mass is 19.4. The summed E-state index contributed by atoms with van der Waals surface area (Å²) in [5, 5.41) is 9.43. The Balaban J connectivity index is 4.15. The van der Waals surface area contributed by atoms with Crippen molar-refractivity contribution in [1.82, 2.24) is 0 Å². The van der Waals surface area contributed by atoms with Gasteiger partial charge in [0.1, 0.15) is 13.2 Å². The molecule has 0 spiro atoms. The molecule has 3 atom stereocenters. The fourth-order valence-electron chi connectivity index (χ4n) is 2.98. The lowest BCUT2D eigenvalue weighted by Gasteiger charge is -2.29. The number of ether oxygens (including phenoxy) is 7. The summed E-state index contributed by atoms with van der Waals surface area (Å²) in [6.07, 6.45) is -11.9. The van der Waals surface area contributed by atoms with E-state index in [0.29, 0.717) is 0 Å². The average molecular weight is 647 g/mol. The first-order valence-electron chi connectivity index (χ1n) is 12.6. The third kappa shape index (κ3) is 16.2. The molecule has 0 aromatic heterocycles. The van der Waals surface area contributed by atoms with E-state index in [9.17, 15) is 49.0 Å². The Bertz CT molecular complexity index is 726. The van der Waals surface area contributed by atoms with Crippen molar-refractivity contribution in [1.29, 1.82) is 0 Å². The van der Waals surface area contributed by atoms with Crippen LogP contribution in [-0.4, -0.2) is 128 Å². The highest BCUT2D eigenvalue weighted by Gasteiger charge is 2.58. The molecule has 0 fully saturated rings. The zero-order chi connectivity index (χ0) is 32.7. The molecule has 0 aliphatic rings. The number of hydrogen-bond donors (Lipinski definition) is 1. The van der Waals surface area contributed by atoms with Gasteiger partial charge in [-0.3, -0.25) is 0 Å². The quantitative estimate of drug-likeness (QED) is 0.121. The van der Waals surface area contributed by atoms with Gasteiger partial charge in [0, 0.05) is 17.9 Å². The zero-order valence-corrected chi connectivity index (χ0v) is 23.9. The molecule has 0 heterocycles. The number of halogens is 10. The van der Waals surface area contributed by atoms with Crippen LogP contribution >= 0.6 is 0 Å². The number of alkyl halides is 10. The molecule has 0 saturated heterocycles. The van der Waals surface area contributed by atoms with E-state index >= 15 is 0 Å². The minimum atomic E-state index is -5.75. The fourth-order valence-corrected chi connectivity index (χ4v) is 2.98. The third-order valence-corrected chi connectivity index (χ3v) is 5.43. The predicted molar refractivity (Wildman–Crippen MR) is 127 cm³/mol. The van der Waals surface area contributed by atoms with E-state index in [1.54, 1.807) is 6.92 Å². The zero-order valence-electron chi connectivity index (χ0n) is 23.9. The van der Waals surface area contributed by atoms with Crippen LogP contribution in [0, 0.1) is 10.8 Å². The van der Waals surface area contributed by atoms with Crippen LogP contribution < -0.4 is 0 Å². The van der Waals surface area contributed by atoms with Gasteiger partial charge < -0.3 is 38.3 Å². The van der Waals surface area contributed by atoms with Gasteiger partial charge in [0.05, 0.1) is 78.8 Å². The van der Waals surface area contributed by atoms with E-state index in [-0.39, 0.29) is 52.9 Å². The maximum absolute atomic E-state index is 13.0. The number of aliphatic hydroxyl groups excluding tert-OH is 1. The average Bonchev–Trinajstić information content (AvgIpc) is 2.84. The van der Waals surface area contributed by atoms with Gasteiger partial charge in [0.2, 0.25) is 0 Å². The van der Waals surface area contributed by atoms with Gasteiger partial charge in [-0.25, -0.2) is 0 Å². The maximum Gasteiger partial charge on any atom is 0.455 e. The van der Waals surface area contributed by atoms with Gasteiger partial charge >= 0.3 is 24.2 Å². The van der Waals surface area contributed by atoms with Crippen molar-refractivity contribution in [3.8, 4) is 0 Å². The van der Waals surface area contributed by atoms with E-state index in [4.69, 9.17) is 23.7 Å². The second-order valence-electron chi connectivity index (χ2n) is 10.5. The minimum absolute atomic E-state index is 0.0131. The lowest BCUT2D eigenvalue weighted by atomic mass is 9.94. The van der Waals surface area contributed by atoms with Crippen molar-refractivity contribution in [2.45, 2.75) is 51.1 Å². The first-order valence-corrected chi connectivity index (χ1v) is 12.6. The van der Waals surface area contributed by atoms with Crippen LogP contribution in [0.15, 0.2) is 0 Å². The molecule has 1 N–H and O–H groups in total. The van der Waals surface area contributed by atoms with Crippen molar-refractivity contribution in [2.24, 2.45) is 10.8 Å². The van der Waals surface area contributed by atoms with Crippen molar-refractivity contribution >= 4 is 0 Å². The first-order chi connectivity index (χ1) is 19.1. The van der Waals surface area contributed by atoms with Gasteiger partial charge in [0.25, 0.3) is 0 Å². The van der Waals surface area contributed by atoms with E-state index in [0.717, 1.165) is 0 Å². The van der Waals surface area contributed by atoms with Crippen LogP contribution in [-0.2, 0) is 33.2 Å². The standard InChI is InChI=1S/C24H40F10O8/c1-18(9-37-5-6-38-12-19(2,10-35)13-40-16-21(25,26)23(29,30)31)42-8-7-39-14-20(3,11-36-4)15-41-17-22(27,28)24(32,33)34/h18,35H,5-17H2,1-4H3. The van der Waals surface area contributed by atoms with Crippen molar-refractivity contribution in [2.75, 3.05) is 93.0 Å². The van der Waals surface area contributed by atoms with Gasteiger partial charge in [-0.2, -0.15) is 43.9 Å². The normalized spacial score (nSPS) is 17.2. The highest BCUT2D eigenvalue weighted by Crippen LogP contribution is 2.37. The van der Waals surface area contributed by atoms with Crippen LogP contribution in [0.5, 0.6) is 0 Å². The number of methoxy groups -OCH3 is 1. The lowest BCUT2D eigenvalue weighted by molar-refractivity contribution is -0.298. The van der Waals surface area contributed by atoms with Crippen LogP contribution in [0.3, 0.4) is 0 Å². The monoisotopic (exact) mass is 646 g/mol. The summed E-state index contributed by atoms with van der Waals surface area (Å²) in [4.78, 5) is 0. The Kier molecular flexibility index (Phi) is 17.6. The number of aliphatic hydroxyl groups is 1. The second-order valence-corrected chi connectivity index (χ2v) is 10.5. The predicted octanol–water partition coefficient (Wildman–Crippen LogP) is 4.52. The summed E-state index contributed by atoms with van der Waals surface area (Å²) < 4.78 is 161. The maximum atomic E-state index is 13.0. The van der Waals surface area contributed by atoms with Gasteiger partial charge in [-0.05, 0) is 6.92 Å². The summed E-state index contributed by atoms with van der Waals surface area (Å²) in [6.45, 7) is -0.734. The molecule has 0 aromatic carbocycles. The number of hydrogen-bond acceptors (Lipinski definition) is 8. The van der Waals surface area contributed by atoms with Crippen molar-refractivity contribution in [3.05, 3.63) is 0 Å². The third-order valence-electron chi connectivity index (χ3n) is 5.43. The molecule has 0 amide bonds. The minimum Gasteiger partial charge on any atom is -0.396 e. The van der Waals surface area contributed by atoms with Gasteiger partial charge in [0.15, 0.2) is 0 Å². The summed E-state index contributed by atoms with van der Waals surface area (Å²) in [5.74, 6) is -10.0. The molecule has 0 bridgehead atoms. The Morgan fingerprint density at radius 1 is 0.548 bits per heavy atom. The van der Waals surface area contributed by atoms with E-state index in [1.807, 2.05) is 0 Å². The molecule has 0 saturated carbocycles. The Hall–Kier alpha value is -1.02. The van der Waals surface area contributed by atoms with Crippen LogP contribution in [0.4, 0.5) is 43.9 Å². The first kappa shape index (κ1) is 41.0. The SMILES string of the molecule is COCC(C)(COCCOC(C)COCCOCC(C)(CO)COCC(F)(F)C(F)(F)F)COCC(F)(F)C(F)(F)F. The smallest absolute Gasteiger partial charge is 0.396 e. The fraction of sp³-hybridized carbons (Fsp3) is 1.00. The molecule has 8 nitrogen and oxygen atoms in total. The molecule has 0 rings (SSSR count). The summed E-state index contributed by atoms with van der Waals surface area (Å²) in [6, 6.07) is 0. The van der Waals surface area contributed by atoms with Crippen LogP contribution in [0.25, 0.3) is 0 Å². The molecule has 42 heavy (non-hydrogen) atoms. The summed E-state index contributed by atoms with van der Waals surface area (Å²) >= 11 is 0. The molecule has 0 radical (unpaired) electrons. The van der Waals surface area contributed by atoms with Crippen LogP contribution in [0.1, 0.15) is 20.8 Å². The van der Waals surface area contributed by atoms with E-state index < -0.39 is 74.2 Å². The summed E-state index contributed by atoms with van der Waals surface area (Å²) in [7, 11) is 1.32. The van der Waals surface area contributed by atoms with E-state index in [1.165, 1.54) is 21.0 Å². The molecule has 0 aliphatic heterocycles. The Morgan fingerprint density at radius 3 is 1.40 bits per heavy atom. The Morgan fingerprint density at radius 2 is 0.952 bits per heavy atom. The Labute approximate surface area is 237 Å². The van der Waals surface area contributed by atoms with Crippen LogP contribution in [0.2, 0.25) is 0 Å². The van der Waals surface area contributed by atoms with Gasteiger partial charge in [-0.1, -0.05) is 13.8 Å². The largest absolute Gasteiger partial charge is 0.455 e. The van der Waals surface area contributed by atoms with E-state index in [2.05, 4.69) is 9.47 Å². The second kappa shape index (κ2) is 18.1. The van der Waals surface area contributed by atoms with Crippen molar-refractivity contribution < 1.29 is 82.2 Å². The number of rotatable bonds is 24. The topological polar surface area (TPSA) is 84.8 Å². The molecule has 254 valence electrons. The molecule has 3 unspecified atom stereocenters. The molecule has 18 heteroatoms. The molecule has 0 aromatic rings. The molecular weight excluding hydrogens is 606 g/mol. The summed E-state index contributed by atoms with van der Waals surface area (Å²) in [5.41, 5.74) is -2.23. The highest BCUT2D eigenvalue weighted by molar-refractivity contribution is 4.79. The lowest BCUT2D eigenvalue weighted by Crippen LogP contribution is -2.43. The van der Waals surface area contributed by atoms with Crippen molar-refractivity contribution in [3.63, 3.8) is 0 Å².